The first-order valence-corrected chi connectivity index (χ1v) is 7.28. The van der Waals surface area contributed by atoms with Crippen molar-refractivity contribution in [3.63, 3.8) is 0 Å². The molecule has 0 aliphatic heterocycles. The zero-order chi connectivity index (χ0) is 14.6. The molecule has 0 aliphatic carbocycles. The Kier molecular flexibility index (Phi) is 4.90. The highest BCUT2D eigenvalue weighted by atomic mass is 32.2. The van der Waals surface area contributed by atoms with Crippen molar-refractivity contribution in [1.82, 2.24) is 4.31 Å². The lowest BCUT2D eigenvalue weighted by Gasteiger charge is -2.25. The Morgan fingerprint density at radius 1 is 1.37 bits per heavy atom. The molecule has 0 bridgehead atoms. The highest BCUT2D eigenvalue weighted by Crippen LogP contribution is 2.18. The molecule has 0 spiro atoms. The molecule has 3 N–H and O–H groups in total. The summed E-state index contributed by atoms with van der Waals surface area (Å²) in [6, 6.07) is 6.26. The SMILES string of the molecule is Cc1ccc(S(=O)(=O)N(CC(N)=NO)C(C)C)cc1. The number of rotatable bonds is 5. The molecule has 1 aromatic rings. The molecule has 0 aliphatic rings. The largest absolute Gasteiger partial charge is 0.409 e. The molecule has 0 aromatic heterocycles. The van der Waals surface area contributed by atoms with Crippen LogP contribution in [0.4, 0.5) is 0 Å². The summed E-state index contributed by atoms with van der Waals surface area (Å²) in [6.07, 6.45) is 0. The topological polar surface area (TPSA) is 96.0 Å². The predicted octanol–water partition coefficient (Wildman–Crippen LogP) is 1.14. The molecule has 0 atom stereocenters. The van der Waals surface area contributed by atoms with Crippen LogP contribution in [-0.2, 0) is 10.0 Å². The number of sulfonamides is 1. The summed E-state index contributed by atoms with van der Waals surface area (Å²) in [5.41, 5.74) is 6.38. The Bertz CT molecular complexity index is 550. The average Bonchev–Trinajstić information content (AvgIpc) is 2.35. The predicted molar refractivity (Wildman–Crippen MR) is 73.6 cm³/mol. The van der Waals surface area contributed by atoms with Gasteiger partial charge in [-0.15, -0.1) is 0 Å². The number of hydrogen-bond donors (Lipinski definition) is 2. The molecule has 19 heavy (non-hydrogen) atoms. The maximum Gasteiger partial charge on any atom is 0.243 e. The molecule has 0 fully saturated rings. The number of oxime groups is 1. The van der Waals surface area contributed by atoms with Crippen molar-refractivity contribution in [2.45, 2.75) is 31.7 Å². The number of amidine groups is 1. The maximum atomic E-state index is 12.5. The van der Waals surface area contributed by atoms with Crippen LogP contribution in [0.2, 0.25) is 0 Å². The first-order valence-electron chi connectivity index (χ1n) is 5.84. The Labute approximate surface area is 113 Å². The van der Waals surface area contributed by atoms with Crippen LogP contribution in [0.3, 0.4) is 0 Å². The van der Waals surface area contributed by atoms with Gasteiger partial charge < -0.3 is 10.9 Å². The molecule has 6 nitrogen and oxygen atoms in total. The highest BCUT2D eigenvalue weighted by molar-refractivity contribution is 7.89. The summed E-state index contributed by atoms with van der Waals surface area (Å²) < 4.78 is 26.1. The van der Waals surface area contributed by atoms with Gasteiger partial charge in [0.05, 0.1) is 11.4 Å². The van der Waals surface area contributed by atoms with E-state index in [1.807, 2.05) is 6.92 Å². The quantitative estimate of drug-likeness (QED) is 0.367. The molecule has 7 heteroatoms. The van der Waals surface area contributed by atoms with Crippen LogP contribution >= 0.6 is 0 Å². The van der Waals surface area contributed by atoms with Gasteiger partial charge in [0, 0.05) is 6.04 Å². The van der Waals surface area contributed by atoms with Gasteiger partial charge in [-0.3, -0.25) is 0 Å². The van der Waals surface area contributed by atoms with Crippen molar-refractivity contribution in [3.8, 4) is 0 Å². The molecule has 0 saturated carbocycles. The summed E-state index contributed by atoms with van der Waals surface area (Å²) in [6.45, 7) is 5.20. The van der Waals surface area contributed by atoms with Gasteiger partial charge >= 0.3 is 0 Å². The van der Waals surface area contributed by atoms with E-state index < -0.39 is 10.0 Å². The van der Waals surface area contributed by atoms with Crippen molar-refractivity contribution in [2.24, 2.45) is 10.9 Å². The zero-order valence-electron chi connectivity index (χ0n) is 11.2. The van der Waals surface area contributed by atoms with Crippen LogP contribution in [-0.4, -0.2) is 36.4 Å². The van der Waals surface area contributed by atoms with Crippen molar-refractivity contribution < 1.29 is 13.6 Å². The zero-order valence-corrected chi connectivity index (χ0v) is 12.1. The minimum absolute atomic E-state index is 0.148. The first-order chi connectivity index (χ1) is 8.78. The number of hydrogen-bond acceptors (Lipinski definition) is 4. The molecule has 1 rings (SSSR count). The highest BCUT2D eigenvalue weighted by Gasteiger charge is 2.27. The lowest BCUT2D eigenvalue weighted by Crippen LogP contribution is -2.42. The smallest absolute Gasteiger partial charge is 0.243 e. The van der Waals surface area contributed by atoms with Gasteiger partial charge in [0.25, 0.3) is 0 Å². The van der Waals surface area contributed by atoms with Crippen LogP contribution in [0.25, 0.3) is 0 Å². The summed E-state index contributed by atoms with van der Waals surface area (Å²) in [5.74, 6) is -0.149. The van der Waals surface area contributed by atoms with E-state index in [2.05, 4.69) is 5.16 Å². The van der Waals surface area contributed by atoms with Crippen LogP contribution in [0.15, 0.2) is 34.3 Å². The minimum atomic E-state index is -3.66. The van der Waals surface area contributed by atoms with E-state index in [1.54, 1.807) is 38.1 Å². The standard InChI is InChI=1S/C12H19N3O3S/c1-9(2)15(8-12(13)14-16)19(17,18)11-6-4-10(3)5-7-11/h4-7,9,16H,8H2,1-3H3,(H2,13,14). The molecule has 106 valence electrons. The molecule has 0 amide bonds. The summed E-state index contributed by atoms with van der Waals surface area (Å²) in [5, 5.41) is 11.4. The summed E-state index contributed by atoms with van der Waals surface area (Å²) in [4.78, 5) is 0.192. The van der Waals surface area contributed by atoms with E-state index >= 15 is 0 Å². The minimum Gasteiger partial charge on any atom is -0.409 e. The summed E-state index contributed by atoms with van der Waals surface area (Å²) >= 11 is 0. The average molecular weight is 285 g/mol. The van der Waals surface area contributed by atoms with Crippen LogP contribution in [0.5, 0.6) is 0 Å². The molecular formula is C12H19N3O3S. The van der Waals surface area contributed by atoms with E-state index in [1.165, 1.54) is 4.31 Å². The fourth-order valence-corrected chi connectivity index (χ4v) is 3.19. The van der Waals surface area contributed by atoms with Crippen molar-refractivity contribution in [1.29, 1.82) is 0 Å². The van der Waals surface area contributed by atoms with Crippen molar-refractivity contribution >= 4 is 15.9 Å². The molecular weight excluding hydrogens is 266 g/mol. The lowest BCUT2D eigenvalue weighted by atomic mass is 10.2. The van der Waals surface area contributed by atoms with Crippen LogP contribution in [0.1, 0.15) is 19.4 Å². The third kappa shape index (κ3) is 3.68. The normalized spacial score (nSPS) is 13.2. The van der Waals surface area contributed by atoms with Gasteiger partial charge in [-0.05, 0) is 32.9 Å². The second kappa shape index (κ2) is 6.03. The Hall–Kier alpha value is -1.60. The Balaban J connectivity index is 3.17. The Morgan fingerprint density at radius 2 is 1.89 bits per heavy atom. The molecule has 1 aromatic carbocycles. The third-order valence-electron chi connectivity index (χ3n) is 2.65. The van der Waals surface area contributed by atoms with Gasteiger partial charge in [0.15, 0.2) is 5.84 Å². The van der Waals surface area contributed by atoms with E-state index in [4.69, 9.17) is 10.9 Å². The van der Waals surface area contributed by atoms with Crippen LogP contribution < -0.4 is 5.73 Å². The molecule has 0 unspecified atom stereocenters. The first kappa shape index (κ1) is 15.5. The van der Waals surface area contributed by atoms with Gasteiger partial charge in [0.2, 0.25) is 10.0 Å². The number of benzene rings is 1. The Morgan fingerprint density at radius 3 is 2.32 bits per heavy atom. The van der Waals surface area contributed by atoms with Gasteiger partial charge in [-0.25, -0.2) is 8.42 Å². The van der Waals surface area contributed by atoms with E-state index in [0.717, 1.165) is 5.56 Å². The fourth-order valence-electron chi connectivity index (χ4n) is 1.58. The maximum absolute atomic E-state index is 12.5. The number of nitrogens with zero attached hydrogens (tertiary/aromatic N) is 2. The van der Waals surface area contributed by atoms with Gasteiger partial charge in [0.1, 0.15) is 0 Å². The summed E-state index contributed by atoms with van der Waals surface area (Å²) in [7, 11) is -3.66. The molecule has 0 saturated heterocycles. The van der Waals surface area contributed by atoms with Gasteiger partial charge in [-0.2, -0.15) is 4.31 Å². The lowest BCUT2D eigenvalue weighted by molar-refractivity contribution is 0.312. The molecule has 0 heterocycles. The fraction of sp³-hybridized carbons (Fsp3) is 0.417. The second-order valence-electron chi connectivity index (χ2n) is 4.55. The van der Waals surface area contributed by atoms with Crippen LogP contribution in [0, 0.1) is 6.92 Å². The monoisotopic (exact) mass is 285 g/mol. The number of nitrogens with two attached hydrogens (primary N) is 1. The van der Waals surface area contributed by atoms with Gasteiger partial charge in [-0.1, -0.05) is 22.9 Å². The van der Waals surface area contributed by atoms with Crippen molar-refractivity contribution in [2.75, 3.05) is 6.54 Å². The van der Waals surface area contributed by atoms with Crippen molar-refractivity contribution in [3.05, 3.63) is 29.8 Å². The van der Waals surface area contributed by atoms with E-state index in [9.17, 15) is 8.42 Å². The van der Waals surface area contributed by atoms with E-state index in [-0.39, 0.29) is 23.3 Å². The number of aryl methyl sites for hydroxylation is 1. The van der Waals surface area contributed by atoms with E-state index in [0.29, 0.717) is 0 Å². The molecule has 0 radical (unpaired) electrons. The third-order valence-corrected chi connectivity index (χ3v) is 4.69. The second-order valence-corrected chi connectivity index (χ2v) is 6.44.